The molecule has 0 atom stereocenters. The molecule has 0 saturated heterocycles. The Kier molecular flexibility index (Phi) is 2.28. The van der Waals surface area contributed by atoms with Crippen molar-refractivity contribution < 1.29 is 5.11 Å². The van der Waals surface area contributed by atoms with Crippen molar-refractivity contribution in [3.05, 3.63) is 22.3 Å². The summed E-state index contributed by atoms with van der Waals surface area (Å²) in [5.74, 6) is 0.516. The van der Waals surface area contributed by atoms with E-state index in [1.807, 2.05) is 6.92 Å². The summed E-state index contributed by atoms with van der Waals surface area (Å²) in [5, 5.41) is 10.9. The number of hydrogen-bond acceptors (Lipinski definition) is 1. The van der Waals surface area contributed by atoms with E-state index in [9.17, 15) is 5.11 Å². The number of phenols is 1. The standard InChI is InChI=1S/C10H16OSi/c1-5-6(2)8(4)10(12)9(11)7(5)3/h11H,1-4,12H3. The molecule has 1 N–H and O–H groups in total. The van der Waals surface area contributed by atoms with Crippen molar-refractivity contribution in [2.45, 2.75) is 27.7 Å². The van der Waals surface area contributed by atoms with E-state index in [0.29, 0.717) is 5.75 Å². The molecule has 0 heterocycles. The van der Waals surface area contributed by atoms with Crippen LogP contribution >= 0.6 is 0 Å². The Morgan fingerprint density at radius 1 is 0.833 bits per heavy atom. The number of phenolic OH excluding ortho intramolecular Hbond substituents is 1. The molecule has 1 aromatic carbocycles. The third-order valence-electron chi connectivity index (χ3n) is 2.96. The molecule has 0 saturated carbocycles. The van der Waals surface area contributed by atoms with Crippen LogP contribution in [0.1, 0.15) is 22.3 Å². The van der Waals surface area contributed by atoms with Gasteiger partial charge in [0.15, 0.2) is 0 Å². The highest BCUT2D eigenvalue weighted by atomic mass is 28.1. The van der Waals surface area contributed by atoms with Gasteiger partial charge in [0.2, 0.25) is 0 Å². The van der Waals surface area contributed by atoms with Crippen molar-refractivity contribution in [2.75, 3.05) is 0 Å². The predicted molar refractivity (Wildman–Crippen MR) is 56.6 cm³/mol. The van der Waals surface area contributed by atoms with E-state index >= 15 is 0 Å². The fourth-order valence-corrected chi connectivity index (χ4v) is 2.23. The molecule has 0 aliphatic carbocycles. The lowest BCUT2D eigenvalue weighted by Crippen LogP contribution is -2.12. The zero-order valence-electron chi connectivity index (χ0n) is 8.45. The van der Waals surface area contributed by atoms with E-state index in [4.69, 9.17) is 0 Å². The summed E-state index contributed by atoms with van der Waals surface area (Å²) in [6.45, 7) is 8.26. The Morgan fingerprint density at radius 2 is 1.25 bits per heavy atom. The van der Waals surface area contributed by atoms with Crippen LogP contribution in [0.5, 0.6) is 5.75 Å². The first-order valence-electron chi connectivity index (χ1n) is 4.22. The minimum absolute atomic E-state index is 0.516. The van der Waals surface area contributed by atoms with Gasteiger partial charge in [-0.2, -0.15) is 0 Å². The number of aromatic hydroxyl groups is 1. The van der Waals surface area contributed by atoms with E-state index in [1.54, 1.807) is 0 Å². The molecule has 0 spiro atoms. The Labute approximate surface area is 76.9 Å². The van der Waals surface area contributed by atoms with Gasteiger partial charge in [-0.15, -0.1) is 0 Å². The van der Waals surface area contributed by atoms with Gasteiger partial charge in [-0.1, -0.05) is 0 Å². The molecule has 0 amide bonds. The van der Waals surface area contributed by atoms with Crippen LogP contribution in [0.2, 0.25) is 0 Å². The molecule has 0 bridgehead atoms. The minimum atomic E-state index is 0.516. The van der Waals surface area contributed by atoms with Gasteiger partial charge in [0, 0.05) is 10.2 Å². The lowest BCUT2D eigenvalue weighted by Gasteiger charge is -2.14. The van der Waals surface area contributed by atoms with Crippen LogP contribution in [0.15, 0.2) is 0 Å². The van der Waals surface area contributed by atoms with Crippen LogP contribution in [-0.2, 0) is 0 Å². The third kappa shape index (κ3) is 1.16. The van der Waals surface area contributed by atoms with Crippen molar-refractivity contribution in [3.63, 3.8) is 0 Å². The molecule has 0 aliphatic rings. The molecule has 0 aliphatic heterocycles. The Hall–Kier alpha value is -0.763. The van der Waals surface area contributed by atoms with E-state index in [-0.39, 0.29) is 0 Å². The van der Waals surface area contributed by atoms with Gasteiger partial charge in [-0.05, 0) is 55.1 Å². The zero-order chi connectivity index (χ0) is 9.46. The van der Waals surface area contributed by atoms with E-state index < -0.39 is 0 Å². The monoisotopic (exact) mass is 180 g/mol. The second kappa shape index (κ2) is 2.94. The topological polar surface area (TPSA) is 20.2 Å². The van der Waals surface area contributed by atoms with Crippen molar-refractivity contribution >= 4 is 15.4 Å². The van der Waals surface area contributed by atoms with Crippen molar-refractivity contribution in [1.29, 1.82) is 0 Å². The van der Waals surface area contributed by atoms with Gasteiger partial charge in [0.1, 0.15) is 5.75 Å². The molecule has 0 radical (unpaired) electrons. The van der Waals surface area contributed by atoms with Gasteiger partial charge >= 0.3 is 0 Å². The van der Waals surface area contributed by atoms with Crippen molar-refractivity contribution in [2.24, 2.45) is 0 Å². The van der Waals surface area contributed by atoms with Crippen LogP contribution in [0.25, 0.3) is 0 Å². The summed E-state index contributed by atoms with van der Waals surface area (Å²) in [7, 11) is 0.924. The summed E-state index contributed by atoms with van der Waals surface area (Å²) in [6.07, 6.45) is 0. The SMILES string of the molecule is Cc1c(C)c(C)c([SiH3])c(O)c1C. The molecule has 1 rings (SSSR count). The van der Waals surface area contributed by atoms with Gasteiger partial charge in [0.25, 0.3) is 0 Å². The largest absolute Gasteiger partial charge is 0.508 e. The molecule has 1 aromatic rings. The fraction of sp³-hybridized carbons (Fsp3) is 0.400. The number of hydrogen-bond donors (Lipinski definition) is 1. The van der Waals surface area contributed by atoms with Crippen molar-refractivity contribution in [3.8, 4) is 5.75 Å². The maximum absolute atomic E-state index is 9.73. The van der Waals surface area contributed by atoms with Crippen LogP contribution in [0, 0.1) is 27.7 Å². The summed E-state index contributed by atoms with van der Waals surface area (Å²) < 4.78 is 0. The van der Waals surface area contributed by atoms with E-state index in [0.717, 1.165) is 21.0 Å². The van der Waals surface area contributed by atoms with E-state index in [1.165, 1.54) is 16.7 Å². The zero-order valence-corrected chi connectivity index (χ0v) is 10.4. The predicted octanol–water partition coefficient (Wildman–Crippen LogP) is 0.617. The highest BCUT2D eigenvalue weighted by Crippen LogP contribution is 2.22. The highest BCUT2D eigenvalue weighted by Gasteiger charge is 2.09. The first-order valence-corrected chi connectivity index (χ1v) is 5.22. The van der Waals surface area contributed by atoms with Gasteiger partial charge in [0.05, 0.1) is 0 Å². The highest BCUT2D eigenvalue weighted by molar-refractivity contribution is 6.35. The van der Waals surface area contributed by atoms with Gasteiger partial charge in [-0.25, -0.2) is 0 Å². The minimum Gasteiger partial charge on any atom is -0.508 e. The number of rotatable bonds is 0. The van der Waals surface area contributed by atoms with Crippen LogP contribution in [-0.4, -0.2) is 15.3 Å². The Morgan fingerprint density at radius 3 is 1.75 bits per heavy atom. The molecule has 1 nitrogen and oxygen atoms in total. The molecular weight excluding hydrogens is 164 g/mol. The van der Waals surface area contributed by atoms with Crippen LogP contribution in [0.4, 0.5) is 0 Å². The quantitative estimate of drug-likeness (QED) is 0.580. The molecule has 0 fully saturated rings. The second-order valence-electron chi connectivity index (χ2n) is 3.47. The normalized spacial score (nSPS) is 10.7. The van der Waals surface area contributed by atoms with Crippen LogP contribution in [0.3, 0.4) is 0 Å². The lowest BCUT2D eigenvalue weighted by molar-refractivity contribution is 0.474. The van der Waals surface area contributed by atoms with Gasteiger partial charge < -0.3 is 5.11 Å². The fourth-order valence-electron chi connectivity index (χ4n) is 1.48. The molecule has 66 valence electrons. The molecule has 0 unspecified atom stereocenters. The molecule has 0 aromatic heterocycles. The Bertz CT molecular complexity index is 224. The van der Waals surface area contributed by atoms with Crippen LogP contribution < -0.4 is 5.19 Å². The maximum atomic E-state index is 9.73. The lowest BCUT2D eigenvalue weighted by atomic mass is 9.98. The van der Waals surface area contributed by atoms with E-state index in [2.05, 4.69) is 20.8 Å². The molecule has 12 heavy (non-hydrogen) atoms. The van der Waals surface area contributed by atoms with Gasteiger partial charge in [-0.3, -0.25) is 0 Å². The second-order valence-corrected chi connectivity index (χ2v) is 4.47. The number of benzene rings is 1. The summed E-state index contributed by atoms with van der Waals surface area (Å²) >= 11 is 0. The average molecular weight is 180 g/mol. The van der Waals surface area contributed by atoms with Crippen molar-refractivity contribution in [1.82, 2.24) is 0 Å². The molecular formula is C10H16OSi. The summed E-state index contributed by atoms with van der Waals surface area (Å²) in [5.41, 5.74) is 4.87. The first kappa shape index (κ1) is 9.33. The summed E-state index contributed by atoms with van der Waals surface area (Å²) in [4.78, 5) is 0. The first-order chi connectivity index (χ1) is 5.46. The third-order valence-corrected chi connectivity index (χ3v) is 4.18. The smallest absolute Gasteiger partial charge is 0.117 e. The average Bonchev–Trinajstić information content (AvgIpc) is 2.08. The Balaban J connectivity index is 3.60. The maximum Gasteiger partial charge on any atom is 0.117 e. The molecule has 2 heteroatoms. The summed E-state index contributed by atoms with van der Waals surface area (Å²) in [6, 6.07) is 0.